The minimum absolute atomic E-state index is 0.267. The van der Waals surface area contributed by atoms with Crippen molar-refractivity contribution < 1.29 is 9.53 Å². The summed E-state index contributed by atoms with van der Waals surface area (Å²) in [4.78, 5) is 20.5. The Kier molecular flexibility index (Phi) is 3.82. The lowest BCUT2D eigenvalue weighted by molar-refractivity contribution is 0.0531. The summed E-state index contributed by atoms with van der Waals surface area (Å²) >= 11 is 3.15. The SMILES string of the molecule is CCOC(=O)c1sc2nc(-c3ccc(CC)s3)cn2c1C. The summed E-state index contributed by atoms with van der Waals surface area (Å²) in [6.45, 7) is 6.27. The van der Waals surface area contributed by atoms with Crippen molar-refractivity contribution in [3.05, 3.63) is 33.8 Å². The molecule has 110 valence electrons. The van der Waals surface area contributed by atoms with Crippen LogP contribution in [0.5, 0.6) is 0 Å². The number of fused-ring (bicyclic) bond motifs is 1. The molecule has 6 heteroatoms. The highest BCUT2D eigenvalue weighted by molar-refractivity contribution is 7.19. The molecular weight excluding hydrogens is 304 g/mol. The Morgan fingerprint density at radius 3 is 2.76 bits per heavy atom. The lowest BCUT2D eigenvalue weighted by Crippen LogP contribution is -2.04. The normalized spacial score (nSPS) is 11.2. The summed E-state index contributed by atoms with van der Waals surface area (Å²) in [5.41, 5.74) is 1.85. The van der Waals surface area contributed by atoms with Gasteiger partial charge in [0.2, 0.25) is 0 Å². The van der Waals surface area contributed by atoms with Gasteiger partial charge in [-0.2, -0.15) is 0 Å². The van der Waals surface area contributed by atoms with Crippen LogP contribution in [0.4, 0.5) is 0 Å². The van der Waals surface area contributed by atoms with Crippen molar-refractivity contribution >= 4 is 33.6 Å². The molecule has 21 heavy (non-hydrogen) atoms. The minimum atomic E-state index is -0.267. The Bertz CT molecular complexity index is 798. The predicted molar refractivity (Wildman–Crippen MR) is 86.5 cm³/mol. The van der Waals surface area contributed by atoms with E-state index < -0.39 is 0 Å². The molecule has 0 unspecified atom stereocenters. The Morgan fingerprint density at radius 2 is 2.14 bits per heavy atom. The first kappa shape index (κ1) is 14.3. The number of aryl methyl sites for hydroxylation is 2. The Labute approximate surface area is 131 Å². The molecule has 4 nitrogen and oxygen atoms in total. The van der Waals surface area contributed by atoms with E-state index in [-0.39, 0.29) is 5.97 Å². The molecule has 0 aliphatic heterocycles. The van der Waals surface area contributed by atoms with Crippen LogP contribution in [0.1, 0.15) is 34.1 Å². The van der Waals surface area contributed by atoms with E-state index >= 15 is 0 Å². The summed E-state index contributed by atoms with van der Waals surface area (Å²) in [5.74, 6) is -0.267. The molecule has 0 aliphatic carbocycles. The molecule has 3 aromatic rings. The zero-order valence-corrected chi connectivity index (χ0v) is 13.8. The third kappa shape index (κ3) is 2.49. The van der Waals surface area contributed by atoms with Crippen molar-refractivity contribution in [2.45, 2.75) is 27.2 Å². The molecule has 0 fully saturated rings. The number of hydrogen-bond donors (Lipinski definition) is 0. The highest BCUT2D eigenvalue weighted by Gasteiger charge is 2.19. The number of hydrogen-bond acceptors (Lipinski definition) is 5. The summed E-state index contributed by atoms with van der Waals surface area (Å²) in [6, 6.07) is 4.25. The topological polar surface area (TPSA) is 43.6 Å². The first-order valence-corrected chi connectivity index (χ1v) is 8.52. The summed E-state index contributed by atoms with van der Waals surface area (Å²) in [7, 11) is 0. The van der Waals surface area contributed by atoms with Crippen molar-refractivity contribution in [2.75, 3.05) is 6.61 Å². The molecule has 0 N–H and O–H groups in total. The molecule has 0 amide bonds. The van der Waals surface area contributed by atoms with E-state index in [1.54, 1.807) is 11.3 Å². The maximum absolute atomic E-state index is 11.9. The summed E-state index contributed by atoms with van der Waals surface area (Å²) in [5, 5.41) is 0. The average Bonchev–Trinajstić information content (AvgIpc) is 3.14. The van der Waals surface area contributed by atoms with Crippen molar-refractivity contribution in [1.29, 1.82) is 0 Å². The van der Waals surface area contributed by atoms with Gasteiger partial charge >= 0.3 is 5.97 Å². The molecule has 0 radical (unpaired) electrons. The van der Waals surface area contributed by atoms with Gasteiger partial charge in [-0.3, -0.25) is 4.40 Å². The highest BCUT2D eigenvalue weighted by Crippen LogP contribution is 2.31. The fourth-order valence-electron chi connectivity index (χ4n) is 2.16. The standard InChI is InChI=1S/C15H16N2O2S2/c1-4-10-6-7-12(20-10)11-8-17-9(3)13(14(18)19-5-2)21-15(17)16-11/h6-8H,4-5H2,1-3H3. The largest absolute Gasteiger partial charge is 0.462 e. The van der Waals surface area contributed by atoms with Gasteiger partial charge in [0.1, 0.15) is 10.6 Å². The van der Waals surface area contributed by atoms with Crippen molar-refractivity contribution in [3.63, 3.8) is 0 Å². The van der Waals surface area contributed by atoms with E-state index in [2.05, 4.69) is 24.0 Å². The predicted octanol–water partition coefficient (Wildman–Crippen LogP) is 4.17. The van der Waals surface area contributed by atoms with Gasteiger partial charge in [0, 0.05) is 16.8 Å². The molecule has 0 saturated carbocycles. The minimum Gasteiger partial charge on any atom is -0.462 e. The van der Waals surface area contributed by atoms with Gasteiger partial charge in [-0.25, -0.2) is 9.78 Å². The third-order valence-corrected chi connectivity index (χ3v) is 5.67. The van der Waals surface area contributed by atoms with Crippen LogP contribution in [-0.2, 0) is 11.2 Å². The van der Waals surface area contributed by atoms with Gasteiger partial charge in [-0.1, -0.05) is 18.3 Å². The first-order valence-electron chi connectivity index (χ1n) is 6.88. The number of carbonyl (C=O) groups excluding carboxylic acids is 1. The number of esters is 1. The number of carbonyl (C=O) groups is 1. The molecule has 0 aromatic carbocycles. The number of thiophene rings is 1. The van der Waals surface area contributed by atoms with Crippen LogP contribution in [0.2, 0.25) is 0 Å². The molecule has 3 rings (SSSR count). The van der Waals surface area contributed by atoms with Crippen LogP contribution in [0.3, 0.4) is 0 Å². The molecule has 0 spiro atoms. The molecule has 0 aliphatic rings. The van der Waals surface area contributed by atoms with E-state index in [1.807, 2.05) is 24.4 Å². The van der Waals surface area contributed by atoms with Gasteiger partial charge in [-0.05, 0) is 32.4 Å². The van der Waals surface area contributed by atoms with E-state index in [4.69, 9.17) is 4.74 Å². The molecule has 0 atom stereocenters. The molecule has 0 bridgehead atoms. The molecular formula is C15H16N2O2S2. The fraction of sp³-hybridized carbons (Fsp3) is 0.333. The lowest BCUT2D eigenvalue weighted by atomic mass is 10.3. The number of nitrogens with zero attached hydrogens (tertiary/aromatic N) is 2. The maximum Gasteiger partial charge on any atom is 0.350 e. The highest BCUT2D eigenvalue weighted by atomic mass is 32.1. The Hall–Kier alpha value is -1.66. The number of ether oxygens (including phenoxy) is 1. The maximum atomic E-state index is 11.9. The van der Waals surface area contributed by atoms with Gasteiger partial charge in [0.05, 0.1) is 11.5 Å². The van der Waals surface area contributed by atoms with E-state index in [1.165, 1.54) is 21.1 Å². The van der Waals surface area contributed by atoms with Gasteiger partial charge in [0.25, 0.3) is 0 Å². The van der Waals surface area contributed by atoms with Crippen LogP contribution in [0, 0.1) is 6.92 Å². The van der Waals surface area contributed by atoms with E-state index in [9.17, 15) is 4.79 Å². The Balaban J connectivity index is 2.00. The van der Waals surface area contributed by atoms with Crippen LogP contribution in [0.25, 0.3) is 15.5 Å². The van der Waals surface area contributed by atoms with Gasteiger partial charge < -0.3 is 4.74 Å². The zero-order valence-electron chi connectivity index (χ0n) is 12.2. The van der Waals surface area contributed by atoms with E-state index in [0.29, 0.717) is 11.5 Å². The van der Waals surface area contributed by atoms with Crippen LogP contribution >= 0.6 is 22.7 Å². The molecule has 0 saturated heterocycles. The average molecular weight is 320 g/mol. The number of aromatic nitrogens is 2. The fourth-order valence-corrected chi connectivity index (χ4v) is 4.07. The summed E-state index contributed by atoms with van der Waals surface area (Å²) < 4.78 is 7.04. The quantitative estimate of drug-likeness (QED) is 0.678. The first-order chi connectivity index (χ1) is 10.1. The van der Waals surface area contributed by atoms with Crippen molar-refractivity contribution in [2.24, 2.45) is 0 Å². The van der Waals surface area contributed by atoms with Crippen molar-refractivity contribution in [3.8, 4) is 10.6 Å². The Morgan fingerprint density at radius 1 is 1.33 bits per heavy atom. The molecule has 3 aromatic heterocycles. The van der Waals surface area contributed by atoms with Crippen LogP contribution in [0.15, 0.2) is 18.3 Å². The lowest BCUT2D eigenvalue weighted by Gasteiger charge is -1.99. The second-order valence-corrected chi connectivity index (χ2v) is 6.78. The van der Waals surface area contributed by atoms with Crippen LogP contribution in [-0.4, -0.2) is 22.0 Å². The van der Waals surface area contributed by atoms with Crippen molar-refractivity contribution in [1.82, 2.24) is 9.38 Å². The monoisotopic (exact) mass is 320 g/mol. The second kappa shape index (κ2) is 5.61. The molecule has 3 heterocycles. The van der Waals surface area contributed by atoms with E-state index in [0.717, 1.165) is 22.8 Å². The summed E-state index contributed by atoms with van der Waals surface area (Å²) in [6.07, 6.45) is 3.04. The van der Waals surface area contributed by atoms with Gasteiger partial charge in [0.15, 0.2) is 4.96 Å². The smallest absolute Gasteiger partial charge is 0.350 e. The number of imidazole rings is 1. The van der Waals surface area contributed by atoms with Gasteiger partial charge in [-0.15, -0.1) is 11.3 Å². The number of thiazole rings is 1. The zero-order chi connectivity index (χ0) is 15.0. The van der Waals surface area contributed by atoms with Crippen LogP contribution < -0.4 is 0 Å². The number of rotatable bonds is 4. The second-order valence-electron chi connectivity index (χ2n) is 4.64. The third-order valence-electron chi connectivity index (χ3n) is 3.28.